The van der Waals surface area contributed by atoms with Crippen LogP contribution >= 0.6 is 12.2 Å². The van der Waals surface area contributed by atoms with E-state index in [1.165, 1.54) is 0 Å². The highest BCUT2D eigenvalue weighted by atomic mass is 32.1. The van der Waals surface area contributed by atoms with Gasteiger partial charge in [-0.2, -0.15) is 13.2 Å². The van der Waals surface area contributed by atoms with Crippen molar-refractivity contribution in [1.82, 2.24) is 30.4 Å². The van der Waals surface area contributed by atoms with Gasteiger partial charge in [0.1, 0.15) is 18.2 Å². The van der Waals surface area contributed by atoms with Crippen molar-refractivity contribution in [2.24, 2.45) is 0 Å². The maximum absolute atomic E-state index is 13.2. The number of benzene rings is 2. The number of rotatable bonds is 8. The Labute approximate surface area is 256 Å². The molecule has 5 rings (SSSR count). The third-order valence-corrected chi connectivity index (χ3v) is 7.30. The topological polar surface area (TPSA) is 136 Å². The van der Waals surface area contributed by atoms with Crippen LogP contribution in [-0.4, -0.2) is 73.9 Å². The first-order chi connectivity index (χ1) is 20.9. The number of para-hydroxylation sites is 1. The second kappa shape index (κ2) is 14.4. The quantitative estimate of drug-likeness (QED) is 0.187. The first-order valence-electron chi connectivity index (χ1n) is 14.0. The van der Waals surface area contributed by atoms with Crippen molar-refractivity contribution in [3.63, 3.8) is 0 Å². The van der Waals surface area contributed by atoms with E-state index in [-0.39, 0.29) is 17.9 Å². The van der Waals surface area contributed by atoms with E-state index >= 15 is 0 Å². The monoisotopic (exact) mass is 630 g/mol. The minimum absolute atomic E-state index is 0.0686. The number of aromatic nitrogens is 4. The summed E-state index contributed by atoms with van der Waals surface area (Å²) in [6.45, 7) is 7.34. The van der Waals surface area contributed by atoms with Crippen molar-refractivity contribution < 1.29 is 32.6 Å². The first kappa shape index (κ1) is 32.6. The third-order valence-electron chi connectivity index (χ3n) is 7.11. The molecule has 0 bridgehead atoms. The Kier molecular flexibility index (Phi) is 10.7. The number of nitrogens with one attached hydrogen (secondary N) is 3. The first-order valence-corrected chi connectivity index (χ1v) is 14.4. The highest BCUT2D eigenvalue weighted by Crippen LogP contribution is 2.27. The Hall–Kier alpha value is -4.30. The highest BCUT2D eigenvalue weighted by Gasteiger charge is 2.38. The zero-order valence-electron chi connectivity index (χ0n) is 24.1. The van der Waals surface area contributed by atoms with Crippen molar-refractivity contribution in [1.29, 1.82) is 0 Å². The van der Waals surface area contributed by atoms with E-state index in [1.807, 2.05) is 49.4 Å². The molecule has 4 aromatic rings. The number of carboxylic acid groups (broad SMARTS) is 1. The lowest BCUT2D eigenvalue weighted by atomic mass is 9.90. The Morgan fingerprint density at radius 2 is 1.84 bits per heavy atom. The Bertz CT molecular complexity index is 1640. The van der Waals surface area contributed by atoms with Gasteiger partial charge in [-0.15, -0.1) is 0 Å². The molecule has 2 atom stereocenters. The van der Waals surface area contributed by atoms with E-state index in [4.69, 9.17) is 26.9 Å². The van der Waals surface area contributed by atoms with Gasteiger partial charge in [-0.25, -0.2) is 9.78 Å². The Morgan fingerprint density at radius 1 is 1.14 bits per heavy atom. The molecule has 44 heavy (non-hydrogen) atoms. The zero-order chi connectivity index (χ0) is 31.9. The zero-order valence-corrected chi connectivity index (χ0v) is 25.0. The lowest BCUT2D eigenvalue weighted by molar-refractivity contribution is -0.192. The molecule has 1 saturated heterocycles. The number of pyridine rings is 1. The fourth-order valence-corrected chi connectivity index (χ4v) is 5.25. The van der Waals surface area contributed by atoms with Gasteiger partial charge in [0.2, 0.25) is 4.77 Å². The standard InChI is InChI=1S/C28H32N6O2S.C2HF3O2/c1-3-13-34-14-12-23(26-31-28(37)33-32-26)25(16-34)30-27(35)19-8-10-21(11-9-19)36-17-20-15-18(2)29-24-7-5-4-6-22(20)24;3-2(4,5)1(6)7/h4-11,15,23,25H,3,12-14,16-17H2,1-2H3,(H,30,35)(H2,31,32,33,37);(H,6,7)/t23-,25+;/m0./s1. The molecule has 0 aliphatic carbocycles. The van der Waals surface area contributed by atoms with Gasteiger partial charge in [-0.3, -0.25) is 20.0 Å². The van der Waals surface area contributed by atoms with Gasteiger partial charge >= 0.3 is 12.1 Å². The number of nitrogens with zero attached hydrogens (tertiary/aromatic N) is 3. The van der Waals surface area contributed by atoms with Crippen LogP contribution in [0.4, 0.5) is 13.2 Å². The molecule has 3 heterocycles. The molecule has 1 amide bonds. The van der Waals surface area contributed by atoms with Crippen LogP contribution in [0.1, 0.15) is 53.1 Å². The Morgan fingerprint density at radius 3 is 2.48 bits per heavy atom. The summed E-state index contributed by atoms with van der Waals surface area (Å²) in [6.07, 6.45) is -3.11. The molecule has 2 aromatic carbocycles. The number of piperidine rings is 1. The molecule has 1 fully saturated rings. The molecule has 1 aliphatic rings. The fourth-order valence-electron chi connectivity index (χ4n) is 5.10. The number of aromatic amines is 2. The average molecular weight is 631 g/mol. The highest BCUT2D eigenvalue weighted by molar-refractivity contribution is 7.71. The summed E-state index contributed by atoms with van der Waals surface area (Å²) in [5, 5.41) is 17.4. The molecule has 10 nitrogen and oxygen atoms in total. The number of aliphatic carboxylic acids is 1. The number of carbonyl (C=O) groups is 2. The maximum atomic E-state index is 13.2. The van der Waals surface area contributed by atoms with E-state index in [9.17, 15) is 18.0 Å². The number of H-pyrrole nitrogens is 2. The van der Waals surface area contributed by atoms with Crippen LogP contribution in [0.15, 0.2) is 54.6 Å². The molecule has 0 radical (unpaired) electrons. The van der Waals surface area contributed by atoms with Gasteiger partial charge in [0.05, 0.1) is 11.6 Å². The van der Waals surface area contributed by atoms with E-state index in [0.29, 0.717) is 22.7 Å². The molecule has 4 N–H and O–H groups in total. The second-order valence-electron chi connectivity index (χ2n) is 10.4. The summed E-state index contributed by atoms with van der Waals surface area (Å²) < 4.78 is 38.2. The van der Waals surface area contributed by atoms with Crippen LogP contribution in [0.5, 0.6) is 5.75 Å². The number of hydrogen-bond acceptors (Lipinski definition) is 7. The number of aryl methyl sites for hydroxylation is 1. The largest absolute Gasteiger partial charge is 0.490 e. The van der Waals surface area contributed by atoms with Crippen LogP contribution in [0.25, 0.3) is 10.9 Å². The summed E-state index contributed by atoms with van der Waals surface area (Å²) in [5.74, 6) is -1.28. The molecule has 14 heteroatoms. The van der Waals surface area contributed by atoms with Crippen LogP contribution < -0.4 is 10.1 Å². The lowest BCUT2D eigenvalue weighted by Crippen LogP contribution is -2.52. The molecule has 234 valence electrons. The molecular formula is C30H33F3N6O4S. The number of likely N-dealkylation sites (tertiary alicyclic amines) is 1. The van der Waals surface area contributed by atoms with Crippen molar-refractivity contribution in [3.05, 3.63) is 82.0 Å². The summed E-state index contributed by atoms with van der Waals surface area (Å²) in [6, 6.07) is 17.4. The predicted molar refractivity (Wildman–Crippen MR) is 160 cm³/mol. The van der Waals surface area contributed by atoms with Gasteiger partial charge in [0.15, 0.2) is 0 Å². The average Bonchev–Trinajstić information content (AvgIpc) is 3.42. The third kappa shape index (κ3) is 8.63. The van der Waals surface area contributed by atoms with Crippen LogP contribution in [0.2, 0.25) is 0 Å². The van der Waals surface area contributed by atoms with Crippen molar-refractivity contribution >= 4 is 35.0 Å². The maximum Gasteiger partial charge on any atom is 0.490 e. The van der Waals surface area contributed by atoms with Crippen molar-refractivity contribution in [3.8, 4) is 5.75 Å². The Balaban J connectivity index is 0.000000566. The number of amides is 1. The summed E-state index contributed by atoms with van der Waals surface area (Å²) in [7, 11) is 0. The number of ether oxygens (including phenoxy) is 1. The number of hydrogen-bond donors (Lipinski definition) is 4. The van der Waals surface area contributed by atoms with Gasteiger partial charge in [-0.05, 0) is 81.5 Å². The van der Waals surface area contributed by atoms with E-state index in [0.717, 1.165) is 60.5 Å². The number of halogens is 3. The second-order valence-corrected chi connectivity index (χ2v) is 10.8. The van der Waals surface area contributed by atoms with Crippen LogP contribution in [-0.2, 0) is 11.4 Å². The van der Waals surface area contributed by atoms with Gasteiger partial charge in [0.25, 0.3) is 5.91 Å². The van der Waals surface area contributed by atoms with E-state index in [2.05, 4.69) is 49.4 Å². The van der Waals surface area contributed by atoms with Crippen molar-refractivity contribution in [2.75, 3.05) is 19.6 Å². The summed E-state index contributed by atoms with van der Waals surface area (Å²) in [5.41, 5.74) is 3.60. The number of carboxylic acids is 1. The number of alkyl halides is 3. The van der Waals surface area contributed by atoms with Crippen LogP contribution in [0.3, 0.4) is 0 Å². The minimum Gasteiger partial charge on any atom is -0.489 e. The number of fused-ring (bicyclic) bond motifs is 1. The molecule has 2 aromatic heterocycles. The predicted octanol–water partition coefficient (Wildman–Crippen LogP) is 5.53. The molecule has 0 spiro atoms. The van der Waals surface area contributed by atoms with Gasteiger partial charge in [0, 0.05) is 34.7 Å². The molecular weight excluding hydrogens is 597 g/mol. The molecule has 1 aliphatic heterocycles. The lowest BCUT2D eigenvalue weighted by Gasteiger charge is -2.38. The SMILES string of the molecule is CCCN1CC[C@H](c2nc(=S)[nH][nH]2)[C@H](NC(=O)c2ccc(OCc3cc(C)nc4ccccc34)cc2)C1.O=C(O)C(F)(F)F. The smallest absolute Gasteiger partial charge is 0.489 e. The summed E-state index contributed by atoms with van der Waals surface area (Å²) in [4.78, 5) is 33.5. The molecule has 0 unspecified atom stereocenters. The normalized spacial score (nSPS) is 17.0. The van der Waals surface area contributed by atoms with E-state index in [1.54, 1.807) is 0 Å². The van der Waals surface area contributed by atoms with Crippen LogP contribution in [0, 0.1) is 11.7 Å². The summed E-state index contributed by atoms with van der Waals surface area (Å²) >= 11 is 5.15. The van der Waals surface area contributed by atoms with Crippen molar-refractivity contribution in [2.45, 2.75) is 51.4 Å². The van der Waals surface area contributed by atoms with Gasteiger partial charge < -0.3 is 20.1 Å². The fraction of sp³-hybridized carbons (Fsp3) is 0.367. The minimum atomic E-state index is -5.08. The van der Waals surface area contributed by atoms with Gasteiger partial charge in [-0.1, -0.05) is 25.1 Å². The number of carbonyl (C=O) groups excluding carboxylic acids is 1. The molecule has 0 saturated carbocycles. The van der Waals surface area contributed by atoms with E-state index < -0.39 is 12.1 Å².